The van der Waals surface area contributed by atoms with Crippen molar-refractivity contribution in [1.82, 2.24) is 15.1 Å². The van der Waals surface area contributed by atoms with E-state index in [1.165, 1.54) is 24.3 Å². The van der Waals surface area contributed by atoms with Gasteiger partial charge >= 0.3 is 0 Å². The average Bonchev–Trinajstić information content (AvgIpc) is 2.73. The number of hydrogen-bond acceptors (Lipinski definition) is 3. The molecule has 0 aliphatic heterocycles. The predicted molar refractivity (Wildman–Crippen MR) is 74.7 cm³/mol. The normalized spacial score (nSPS) is 10.6. The number of rotatable bonds is 5. The number of nitrogens with one attached hydrogen (secondary N) is 2. The number of nitrogens with zero attached hydrogens (tertiary/aromatic N) is 2. The zero-order chi connectivity index (χ0) is 14.5. The van der Waals surface area contributed by atoms with E-state index < -0.39 is 0 Å². The molecule has 2 N–H and O–H groups in total. The van der Waals surface area contributed by atoms with E-state index in [1.54, 1.807) is 10.9 Å². The number of carbonyl (C=O) groups excluding carboxylic acids is 1. The van der Waals surface area contributed by atoms with Crippen LogP contribution in [-0.4, -0.2) is 22.2 Å². The van der Waals surface area contributed by atoms with Crippen LogP contribution in [0.3, 0.4) is 0 Å². The van der Waals surface area contributed by atoms with E-state index in [0.29, 0.717) is 12.2 Å². The molecule has 0 saturated carbocycles. The highest BCUT2D eigenvalue weighted by Gasteiger charge is 2.05. The summed E-state index contributed by atoms with van der Waals surface area (Å²) in [6.45, 7) is 2.74. The van der Waals surface area contributed by atoms with Crippen LogP contribution < -0.4 is 10.6 Å². The first-order valence-electron chi connectivity index (χ1n) is 6.30. The van der Waals surface area contributed by atoms with Gasteiger partial charge in [-0.1, -0.05) is 0 Å². The van der Waals surface area contributed by atoms with Crippen LogP contribution in [0.5, 0.6) is 0 Å². The Hall–Kier alpha value is -2.21. The van der Waals surface area contributed by atoms with Crippen molar-refractivity contribution in [1.29, 1.82) is 0 Å². The topological polar surface area (TPSA) is 59.0 Å². The third-order valence-electron chi connectivity index (χ3n) is 3.07. The molecule has 0 saturated heterocycles. The summed E-state index contributed by atoms with van der Waals surface area (Å²) in [4.78, 5) is 11.7. The minimum atomic E-state index is -0.326. The minimum Gasteiger partial charge on any atom is -0.325 e. The molecule has 20 heavy (non-hydrogen) atoms. The SMILES string of the molecule is Cc1c(CNCC(=O)Nc2ccc(F)cc2)cnn1C. The smallest absolute Gasteiger partial charge is 0.238 e. The summed E-state index contributed by atoms with van der Waals surface area (Å²) in [5.74, 6) is -0.494. The highest BCUT2D eigenvalue weighted by Crippen LogP contribution is 2.08. The standard InChI is InChI=1S/C14H17FN4O/c1-10-11(8-17-19(10)2)7-16-9-14(20)18-13-5-3-12(15)4-6-13/h3-6,8,16H,7,9H2,1-2H3,(H,18,20). The Bertz CT molecular complexity index is 592. The molecule has 0 bridgehead atoms. The highest BCUT2D eigenvalue weighted by atomic mass is 19.1. The van der Waals surface area contributed by atoms with E-state index in [1.807, 2.05) is 14.0 Å². The van der Waals surface area contributed by atoms with Crippen molar-refractivity contribution in [3.63, 3.8) is 0 Å². The van der Waals surface area contributed by atoms with Crippen molar-refractivity contribution in [2.24, 2.45) is 7.05 Å². The van der Waals surface area contributed by atoms with Crippen molar-refractivity contribution < 1.29 is 9.18 Å². The zero-order valence-electron chi connectivity index (χ0n) is 11.5. The van der Waals surface area contributed by atoms with Crippen molar-refractivity contribution in [2.75, 3.05) is 11.9 Å². The molecular formula is C14H17FN4O. The maximum atomic E-state index is 12.7. The molecule has 2 rings (SSSR count). The molecule has 0 radical (unpaired) electrons. The molecular weight excluding hydrogens is 259 g/mol. The van der Waals surface area contributed by atoms with Crippen LogP contribution in [0.1, 0.15) is 11.3 Å². The van der Waals surface area contributed by atoms with Gasteiger partial charge in [0.15, 0.2) is 0 Å². The first kappa shape index (κ1) is 14.2. The lowest BCUT2D eigenvalue weighted by Gasteiger charge is -2.06. The number of benzene rings is 1. The number of hydrogen-bond donors (Lipinski definition) is 2. The van der Waals surface area contributed by atoms with Gasteiger partial charge in [0, 0.05) is 30.5 Å². The van der Waals surface area contributed by atoms with Crippen molar-refractivity contribution in [3.8, 4) is 0 Å². The number of aromatic nitrogens is 2. The van der Waals surface area contributed by atoms with E-state index in [9.17, 15) is 9.18 Å². The molecule has 1 aromatic heterocycles. The van der Waals surface area contributed by atoms with E-state index in [0.717, 1.165) is 11.3 Å². The lowest BCUT2D eigenvalue weighted by Crippen LogP contribution is -2.27. The monoisotopic (exact) mass is 276 g/mol. The second kappa shape index (κ2) is 6.29. The van der Waals surface area contributed by atoms with Crippen LogP contribution >= 0.6 is 0 Å². The Kier molecular flexibility index (Phi) is 4.47. The number of halogens is 1. The van der Waals surface area contributed by atoms with Crippen molar-refractivity contribution >= 4 is 11.6 Å². The molecule has 6 heteroatoms. The fourth-order valence-electron chi connectivity index (χ4n) is 1.77. The predicted octanol–water partition coefficient (Wildman–Crippen LogP) is 1.60. The van der Waals surface area contributed by atoms with E-state index in [4.69, 9.17) is 0 Å². The maximum absolute atomic E-state index is 12.7. The van der Waals surface area contributed by atoms with Gasteiger partial charge in [0.1, 0.15) is 5.82 Å². The Morgan fingerprint density at radius 3 is 2.65 bits per heavy atom. The molecule has 0 aliphatic carbocycles. The first-order valence-corrected chi connectivity index (χ1v) is 6.30. The fourth-order valence-corrected chi connectivity index (χ4v) is 1.77. The largest absolute Gasteiger partial charge is 0.325 e. The van der Waals surface area contributed by atoms with Gasteiger partial charge in [-0.2, -0.15) is 5.10 Å². The number of aryl methyl sites for hydroxylation is 1. The third kappa shape index (κ3) is 3.64. The summed E-state index contributed by atoms with van der Waals surface area (Å²) in [5.41, 5.74) is 2.70. The van der Waals surface area contributed by atoms with Gasteiger partial charge in [-0.25, -0.2) is 4.39 Å². The van der Waals surface area contributed by atoms with E-state index >= 15 is 0 Å². The second-order valence-electron chi connectivity index (χ2n) is 4.54. The van der Waals surface area contributed by atoms with Crippen LogP contribution in [0.25, 0.3) is 0 Å². The molecule has 0 aliphatic rings. The first-order chi connectivity index (χ1) is 9.56. The Morgan fingerprint density at radius 1 is 1.35 bits per heavy atom. The molecule has 0 fully saturated rings. The average molecular weight is 276 g/mol. The quantitative estimate of drug-likeness (QED) is 0.872. The molecule has 1 amide bonds. The van der Waals surface area contributed by atoms with Crippen LogP contribution in [0, 0.1) is 12.7 Å². The summed E-state index contributed by atoms with van der Waals surface area (Å²) < 4.78 is 14.5. The van der Waals surface area contributed by atoms with Gasteiger partial charge in [0.2, 0.25) is 5.91 Å². The maximum Gasteiger partial charge on any atom is 0.238 e. The second-order valence-corrected chi connectivity index (χ2v) is 4.54. The van der Waals surface area contributed by atoms with Gasteiger partial charge in [-0.05, 0) is 31.2 Å². The van der Waals surface area contributed by atoms with Gasteiger partial charge in [-0.15, -0.1) is 0 Å². The van der Waals surface area contributed by atoms with Crippen molar-refractivity contribution in [3.05, 3.63) is 47.5 Å². The zero-order valence-corrected chi connectivity index (χ0v) is 11.5. The molecule has 5 nitrogen and oxygen atoms in total. The van der Waals surface area contributed by atoms with Crippen LogP contribution in [0.4, 0.5) is 10.1 Å². The molecule has 1 aromatic carbocycles. The summed E-state index contributed by atoms with van der Waals surface area (Å²) in [7, 11) is 1.88. The van der Waals surface area contributed by atoms with E-state index in [-0.39, 0.29) is 18.3 Å². The fraction of sp³-hybridized carbons (Fsp3) is 0.286. The Labute approximate surface area is 116 Å². The summed E-state index contributed by atoms with van der Waals surface area (Å²) >= 11 is 0. The molecule has 106 valence electrons. The van der Waals surface area contributed by atoms with Gasteiger partial charge in [-0.3, -0.25) is 9.48 Å². The highest BCUT2D eigenvalue weighted by molar-refractivity contribution is 5.92. The van der Waals surface area contributed by atoms with Crippen LogP contribution in [0.2, 0.25) is 0 Å². The third-order valence-corrected chi connectivity index (χ3v) is 3.07. The lowest BCUT2D eigenvalue weighted by molar-refractivity contribution is -0.115. The van der Waals surface area contributed by atoms with Crippen LogP contribution in [-0.2, 0) is 18.4 Å². The molecule has 2 aromatic rings. The van der Waals surface area contributed by atoms with Gasteiger partial charge in [0.25, 0.3) is 0 Å². The van der Waals surface area contributed by atoms with Gasteiger partial charge < -0.3 is 10.6 Å². The molecule has 0 atom stereocenters. The molecule has 0 spiro atoms. The number of anilines is 1. The Morgan fingerprint density at radius 2 is 2.05 bits per heavy atom. The molecule has 1 heterocycles. The number of carbonyl (C=O) groups is 1. The number of amides is 1. The molecule has 0 unspecified atom stereocenters. The summed E-state index contributed by atoms with van der Waals surface area (Å²) in [6, 6.07) is 5.67. The van der Waals surface area contributed by atoms with E-state index in [2.05, 4.69) is 15.7 Å². The van der Waals surface area contributed by atoms with Crippen molar-refractivity contribution in [2.45, 2.75) is 13.5 Å². The van der Waals surface area contributed by atoms with Gasteiger partial charge in [0.05, 0.1) is 12.7 Å². The van der Waals surface area contributed by atoms with Crippen LogP contribution in [0.15, 0.2) is 30.5 Å². The summed E-state index contributed by atoms with van der Waals surface area (Å²) in [5, 5.41) is 9.86. The lowest BCUT2D eigenvalue weighted by atomic mass is 10.2. The summed E-state index contributed by atoms with van der Waals surface area (Å²) in [6.07, 6.45) is 1.78. The Balaban J connectivity index is 1.78. The minimum absolute atomic E-state index is 0.168.